The second-order valence-corrected chi connectivity index (χ2v) is 11.8. The highest BCUT2D eigenvalue weighted by Crippen LogP contribution is 2.45. The smallest absolute Gasteiger partial charge is 0.372 e. The molecule has 4 nitrogen and oxygen atoms in total. The quantitative estimate of drug-likeness (QED) is 0.546. The van der Waals surface area contributed by atoms with Crippen LogP contribution in [-0.4, -0.2) is 59.1 Å². The molecule has 144 valence electrons. The van der Waals surface area contributed by atoms with E-state index in [1.807, 2.05) is 21.3 Å². The standard InChI is InChI=1S/C19H41NO3Si/c1-9-12-19(21-6)18(11-10-13-24(19,22-7)23-8)20(14-16(2)3)15-17(4)5/h16-18H,9-15H2,1-8H3. The molecule has 1 fully saturated rings. The fourth-order valence-corrected chi connectivity index (χ4v) is 8.86. The largest absolute Gasteiger partial charge is 0.396 e. The highest BCUT2D eigenvalue weighted by Gasteiger charge is 2.64. The topological polar surface area (TPSA) is 30.9 Å². The molecule has 2 unspecified atom stereocenters. The Bertz CT molecular complexity index is 351. The maximum atomic E-state index is 6.34. The normalized spacial score (nSPS) is 27.4. The Kier molecular flexibility index (Phi) is 8.90. The van der Waals surface area contributed by atoms with Crippen LogP contribution in [0, 0.1) is 11.8 Å². The summed E-state index contributed by atoms with van der Waals surface area (Å²) in [6, 6.07) is 1.41. The van der Waals surface area contributed by atoms with Gasteiger partial charge >= 0.3 is 8.56 Å². The first-order valence-electron chi connectivity index (χ1n) is 9.71. The lowest BCUT2D eigenvalue weighted by atomic mass is 9.95. The van der Waals surface area contributed by atoms with Crippen LogP contribution in [0.15, 0.2) is 0 Å². The molecule has 5 heteroatoms. The third-order valence-electron chi connectivity index (χ3n) is 5.45. The lowest BCUT2D eigenvalue weighted by Crippen LogP contribution is -2.74. The monoisotopic (exact) mass is 359 g/mol. The molecule has 0 aromatic heterocycles. The molecule has 0 aliphatic carbocycles. The number of rotatable bonds is 10. The minimum Gasteiger partial charge on any atom is -0.396 e. The maximum Gasteiger partial charge on any atom is 0.372 e. The fraction of sp³-hybridized carbons (Fsp3) is 1.00. The van der Waals surface area contributed by atoms with Crippen molar-refractivity contribution in [2.75, 3.05) is 34.4 Å². The van der Waals surface area contributed by atoms with Gasteiger partial charge in [0, 0.05) is 40.5 Å². The molecule has 1 aliphatic heterocycles. The van der Waals surface area contributed by atoms with Crippen LogP contribution in [0.5, 0.6) is 0 Å². The molecule has 0 radical (unpaired) electrons. The van der Waals surface area contributed by atoms with Crippen molar-refractivity contribution < 1.29 is 13.6 Å². The number of methoxy groups -OCH3 is 1. The summed E-state index contributed by atoms with van der Waals surface area (Å²) >= 11 is 0. The van der Waals surface area contributed by atoms with E-state index in [0.717, 1.165) is 32.0 Å². The van der Waals surface area contributed by atoms with Gasteiger partial charge in [-0.2, -0.15) is 0 Å². The predicted octanol–water partition coefficient (Wildman–Crippen LogP) is 4.22. The summed E-state index contributed by atoms with van der Waals surface area (Å²) in [5.74, 6) is 1.28. The molecule has 2 atom stereocenters. The Morgan fingerprint density at radius 1 is 1.04 bits per heavy atom. The van der Waals surface area contributed by atoms with Gasteiger partial charge in [-0.15, -0.1) is 0 Å². The maximum absolute atomic E-state index is 6.34. The van der Waals surface area contributed by atoms with Crippen LogP contribution < -0.4 is 0 Å². The highest BCUT2D eigenvalue weighted by molar-refractivity contribution is 6.71. The van der Waals surface area contributed by atoms with Crippen molar-refractivity contribution in [1.29, 1.82) is 0 Å². The summed E-state index contributed by atoms with van der Waals surface area (Å²) in [4.78, 5) is 2.67. The van der Waals surface area contributed by atoms with Crippen molar-refractivity contribution in [2.45, 2.75) is 77.6 Å². The SMILES string of the molecule is CCCC1(OC)C(N(CC(C)C)CC(C)C)CCC[Si]1(OC)OC. The van der Waals surface area contributed by atoms with E-state index >= 15 is 0 Å². The van der Waals surface area contributed by atoms with E-state index in [2.05, 4.69) is 39.5 Å². The van der Waals surface area contributed by atoms with Crippen molar-refractivity contribution in [3.63, 3.8) is 0 Å². The summed E-state index contributed by atoms with van der Waals surface area (Å²) in [5.41, 5.74) is 0. The summed E-state index contributed by atoms with van der Waals surface area (Å²) in [6.07, 6.45) is 4.44. The molecule has 0 saturated carbocycles. The van der Waals surface area contributed by atoms with E-state index in [1.165, 1.54) is 12.8 Å². The summed E-state index contributed by atoms with van der Waals surface area (Å²) in [6.45, 7) is 13.7. The number of hydrogen-bond donors (Lipinski definition) is 0. The summed E-state index contributed by atoms with van der Waals surface area (Å²) < 4.78 is 18.6. The molecule has 1 rings (SSSR count). The molecule has 1 aliphatic rings. The van der Waals surface area contributed by atoms with E-state index in [0.29, 0.717) is 17.9 Å². The molecule has 0 amide bonds. The van der Waals surface area contributed by atoms with Gasteiger partial charge in [0.05, 0.1) is 0 Å². The van der Waals surface area contributed by atoms with Crippen LogP contribution >= 0.6 is 0 Å². The second kappa shape index (κ2) is 9.67. The summed E-state index contributed by atoms with van der Waals surface area (Å²) in [7, 11) is 3.11. The Labute approximate surface area is 151 Å². The molecule has 24 heavy (non-hydrogen) atoms. The van der Waals surface area contributed by atoms with Gasteiger partial charge in [0.15, 0.2) is 0 Å². The molecule has 0 bridgehead atoms. The van der Waals surface area contributed by atoms with Gasteiger partial charge < -0.3 is 13.6 Å². The van der Waals surface area contributed by atoms with E-state index < -0.39 is 8.56 Å². The fourth-order valence-electron chi connectivity index (χ4n) is 4.73. The van der Waals surface area contributed by atoms with Gasteiger partial charge in [-0.1, -0.05) is 41.0 Å². The lowest BCUT2D eigenvalue weighted by Gasteiger charge is -2.55. The molecule has 0 N–H and O–H groups in total. The van der Waals surface area contributed by atoms with Gasteiger partial charge in [0.1, 0.15) is 5.22 Å². The van der Waals surface area contributed by atoms with Crippen molar-refractivity contribution in [1.82, 2.24) is 4.90 Å². The Hall–Kier alpha value is 0.0569. The molecular weight excluding hydrogens is 318 g/mol. The van der Waals surface area contributed by atoms with Crippen LogP contribution in [0.25, 0.3) is 0 Å². The van der Waals surface area contributed by atoms with Gasteiger partial charge in [0.25, 0.3) is 0 Å². The van der Waals surface area contributed by atoms with Gasteiger partial charge in [0.2, 0.25) is 0 Å². The predicted molar refractivity (Wildman–Crippen MR) is 103 cm³/mol. The van der Waals surface area contributed by atoms with Crippen LogP contribution in [0.3, 0.4) is 0 Å². The zero-order valence-corrected chi connectivity index (χ0v) is 18.4. The highest BCUT2D eigenvalue weighted by atomic mass is 28.4. The molecule has 0 aromatic rings. The molecular formula is C19H41NO3Si. The van der Waals surface area contributed by atoms with Crippen molar-refractivity contribution in [2.24, 2.45) is 11.8 Å². The van der Waals surface area contributed by atoms with Crippen LogP contribution in [-0.2, 0) is 13.6 Å². The average molecular weight is 360 g/mol. The zero-order valence-electron chi connectivity index (χ0n) is 17.4. The molecule has 0 aromatic carbocycles. The Morgan fingerprint density at radius 2 is 1.58 bits per heavy atom. The van der Waals surface area contributed by atoms with Crippen molar-refractivity contribution in [3.05, 3.63) is 0 Å². The van der Waals surface area contributed by atoms with Crippen LogP contribution in [0.2, 0.25) is 6.04 Å². The zero-order chi connectivity index (χ0) is 18.4. The van der Waals surface area contributed by atoms with Crippen LogP contribution in [0.4, 0.5) is 0 Å². The van der Waals surface area contributed by atoms with E-state index in [1.54, 1.807) is 0 Å². The van der Waals surface area contributed by atoms with Gasteiger partial charge in [-0.25, -0.2) is 0 Å². The van der Waals surface area contributed by atoms with E-state index in [9.17, 15) is 0 Å². The van der Waals surface area contributed by atoms with E-state index in [-0.39, 0.29) is 5.22 Å². The van der Waals surface area contributed by atoms with E-state index in [4.69, 9.17) is 13.6 Å². The minimum absolute atomic E-state index is 0.284. The number of ether oxygens (including phenoxy) is 1. The third-order valence-corrected chi connectivity index (χ3v) is 9.86. The molecule has 1 heterocycles. The second-order valence-electron chi connectivity index (χ2n) is 8.15. The minimum atomic E-state index is -2.42. The lowest BCUT2D eigenvalue weighted by molar-refractivity contribution is -0.0784. The first kappa shape index (κ1) is 22.1. The number of nitrogens with zero attached hydrogens (tertiary/aromatic N) is 1. The molecule has 1 saturated heterocycles. The average Bonchev–Trinajstić information content (AvgIpc) is 2.53. The van der Waals surface area contributed by atoms with Gasteiger partial charge in [-0.3, -0.25) is 4.90 Å². The molecule has 0 spiro atoms. The van der Waals surface area contributed by atoms with Crippen LogP contribution in [0.1, 0.15) is 60.3 Å². The first-order valence-corrected chi connectivity index (χ1v) is 11.7. The Balaban J connectivity index is 3.32. The van der Waals surface area contributed by atoms with Gasteiger partial charge in [-0.05, 0) is 37.1 Å². The van der Waals surface area contributed by atoms with Crippen molar-refractivity contribution in [3.8, 4) is 0 Å². The first-order chi connectivity index (χ1) is 11.3. The summed E-state index contributed by atoms with van der Waals surface area (Å²) in [5, 5.41) is -0.284. The number of hydrogen-bond acceptors (Lipinski definition) is 4. The Morgan fingerprint density at radius 3 is 1.96 bits per heavy atom. The third kappa shape index (κ3) is 4.42. The van der Waals surface area contributed by atoms with Crippen molar-refractivity contribution >= 4 is 8.56 Å².